The van der Waals surface area contributed by atoms with Crippen LogP contribution in [0, 0.1) is 11.3 Å². The molecule has 1 amide bonds. The minimum absolute atomic E-state index is 0.000273. The Labute approximate surface area is 149 Å². The molecule has 2 rings (SSSR count). The summed E-state index contributed by atoms with van der Waals surface area (Å²) in [6, 6.07) is 6.75. The molecule has 5 nitrogen and oxygen atoms in total. The lowest BCUT2D eigenvalue weighted by molar-refractivity contribution is -0.129. The zero-order valence-corrected chi connectivity index (χ0v) is 15.3. The molecule has 1 aromatic rings. The zero-order chi connectivity index (χ0) is 18.4. The van der Waals surface area contributed by atoms with Gasteiger partial charge in [-0.05, 0) is 25.0 Å². The van der Waals surface area contributed by atoms with Crippen LogP contribution in [0.2, 0.25) is 0 Å². The number of amides is 1. The quantitative estimate of drug-likeness (QED) is 0.819. The molecule has 0 aliphatic heterocycles. The van der Waals surface area contributed by atoms with E-state index in [0.717, 1.165) is 25.7 Å². The summed E-state index contributed by atoms with van der Waals surface area (Å²) >= 11 is 0. The predicted molar refractivity (Wildman–Crippen MR) is 96.4 cm³/mol. The highest BCUT2D eigenvalue weighted by Crippen LogP contribution is 2.26. The fourth-order valence-electron chi connectivity index (χ4n) is 2.80. The number of para-hydroxylation sites is 1. The average Bonchev–Trinajstić information content (AvgIpc) is 2.59. The Morgan fingerprint density at radius 3 is 2.36 bits per heavy atom. The predicted octanol–water partition coefficient (Wildman–Crippen LogP) is 3.98. The van der Waals surface area contributed by atoms with Crippen molar-refractivity contribution in [3.8, 4) is 0 Å². The Kier molecular flexibility index (Phi) is 6.34. The Bertz CT molecular complexity index is 639. The highest BCUT2D eigenvalue weighted by atomic mass is 16.5. The van der Waals surface area contributed by atoms with Crippen LogP contribution in [0.25, 0.3) is 0 Å². The van der Waals surface area contributed by atoms with Crippen molar-refractivity contribution < 1.29 is 19.1 Å². The second kappa shape index (κ2) is 8.28. The van der Waals surface area contributed by atoms with E-state index in [9.17, 15) is 14.4 Å². The van der Waals surface area contributed by atoms with Gasteiger partial charge in [0.2, 0.25) is 5.91 Å². The van der Waals surface area contributed by atoms with Crippen LogP contribution in [0.3, 0.4) is 0 Å². The van der Waals surface area contributed by atoms with Crippen LogP contribution in [0.1, 0.15) is 63.2 Å². The third kappa shape index (κ3) is 5.41. The summed E-state index contributed by atoms with van der Waals surface area (Å²) in [5.41, 5.74) is 0.147. The molecule has 0 unspecified atom stereocenters. The van der Waals surface area contributed by atoms with Gasteiger partial charge in [0.1, 0.15) is 0 Å². The van der Waals surface area contributed by atoms with Crippen molar-refractivity contribution >= 4 is 23.3 Å². The molecule has 0 aromatic heterocycles. The van der Waals surface area contributed by atoms with E-state index in [4.69, 9.17) is 4.74 Å². The lowest BCUT2D eigenvalue weighted by atomic mass is 9.88. The average molecular weight is 345 g/mol. The van der Waals surface area contributed by atoms with Crippen LogP contribution in [0.15, 0.2) is 24.3 Å². The van der Waals surface area contributed by atoms with Crippen LogP contribution in [-0.4, -0.2) is 24.3 Å². The topological polar surface area (TPSA) is 72.5 Å². The molecule has 0 heterocycles. The van der Waals surface area contributed by atoms with E-state index in [1.807, 2.05) is 0 Å². The number of anilines is 1. The first-order chi connectivity index (χ1) is 11.8. The first-order valence-corrected chi connectivity index (χ1v) is 8.89. The number of rotatable bonds is 5. The summed E-state index contributed by atoms with van der Waals surface area (Å²) in [4.78, 5) is 36.7. The van der Waals surface area contributed by atoms with Crippen LogP contribution in [-0.2, 0) is 14.3 Å². The number of hydrogen-bond acceptors (Lipinski definition) is 4. The highest BCUT2D eigenvalue weighted by Gasteiger charge is 2.25. The number of hydrogen-bond donors (Lipinski definition) is 1. The Morgan fingerprint density at radius 2 is 1.72 bits per heavy atom. The molecule has 0 radical (unpaired) electrons. The van der Waals surface area contributed by atoms with Gasteiger partial charge < -0.3 is 10.1 Å². The molecule has 1 aliphatic rings. The minimum Gasteiger partial charge on any atom is -0.454 e. The number of nitrogens with one attached hydrogen (secondary N) is 1. The van der Waals surface area contributed by atoms with Crippen LogP contribution in [0.4, 0.5) is 5.69 Å². The normalized spacial score (nSPS) is 15.5. The molecule has 0 spiro atoms. The first-order valence-electron chi connectivity index (χ1n) is 8.89. The fraction of sp³-hybridized carbons (Fsp3) is 0.550. The molecular formula is C20H27NO4. The number of carbonyl (C=O) groups is 3. The first kappa shape index (κ1) is 19.2. The van der Waals surface area contributed by atoms with Gasteiger partial charge in [0.25, 0.3) is 0 Å². The summed E-state index contributed by atoms with van der Waals surface area (Å²) in [5, 5.41) is 2.85. The number of ketones is 1. The van der Waals surface area contributed by atoms with E-state index >= 15 is 0 Å². The summed E-state index contributed by atoms with van der Waals surface area (Å²) in [5.74, 6) is -0.798. The summed E-state index contributed by atoms with van der Waals surface area (Å²) in [6.07, 6.45) is 5.08. The third-order valence-corrected chi connectivity index (χ3v) is 4.55. The summed E-state index contributed by atoms with van der Waals surface area (Å²) in [7, 11) is 0. The monoisotopic (exact) mass is 345 g/mol. The molecule has 5 heteroatoms. The largest absolute Gasteiger partial charge is 0.454 e. The fourth-order valence-corrected chi connectivity index (χ4v) is 2.80. The number of esters is 1. The molecule has 0 atom stereocenters. The second-order valence-electron chi connectivity index (χ2n) is 7.62. The highest BCUT2D eigenvalue weighted by molar-refractivity contribution is 6.02. The standard InChI is InChI=1S/C20H27NO4/c1-20(2,3)17(22)13-25-19(24)15-11-7-8-12-16(15)21-18(23)14-9-5-4-6-10-14/h7-8,11-12,14H,4-6,9-10,13H2,1-3H3,(H,21,23). The smallest absolute Gasteiger partial charge is 0.340 e. The molecule has 1 saturated carbocycles. The van der Waals surface area contributed by atoms with Gasteiger partial charge in [0.05, 0.1) is 11.3 Å². The van der Waals surface area contributed by atoms with E-state index in [2.05, 4.69) is 5.32 Å². The molecule has 1 fully saturated rings. The molecule has 1 aliphatic carbocycles. The van der Waals surface area contributed by atoms with Crippen molar-refractivity contribution in [1.29, 1.82) is 0 Å². The van der Waals surface area contributed by atoms with Crippen molar-refractivity contribution in [2.45, 2.75) is 52.9 Å². The van der Waals surface area contributed by atoms with Gasteiger partial charge in [-0.1, -0.05) is 52.2 Å². The van der Waals surface area contributed by atoms with E-state index in [1.54, 1.807) is 45.0 Å². The van der Waals surface area contributed by atoms with Crippen molar-refractivity contribution in [3.63, 3.8) is 0 Å². The molecule has 0 saturated heterocycles. The maximum Gasteiger partial charge on any atom is 0.340 e. The lowest BCUT2D eigenvalue weighted by Gasteiger charge is -2.21. The number of benzene rings is 1. The van der Waals surface area contributed by atoms with Crippen molar-refractivity contribution in [2.24, 2.45) is 11.3 Å². The maximum atomic E-state index is 12.4. The molecule has 136 valence electrons. The van der Waals surface area contributed by atoms with Crippen LogP contribution < -0.4 is 5.32 Å². The molecule has 0 bridgehead atoms. The second-order valence-corrected chi connectivity index (χ2v) is 7.62. The van der Waals surface area contributed by atoms with Gasteiger partial charge >= 0.3 is 5.97 Å². The third-order valence-electron chi connectivity index (χ3n) is 4.55. The molecule has 1 aromatic carbocycles. The van der Waals surface area contributed by atoms with E-state index < -0.39 is 11.4 Å². The number of Topliss-reactive ketones (excluding diaryl/α,β-unsaturated/α-hetero) is 1. The van der Waals surface area contributed by atoms with Crippen molar-refractivity contribution in [1.82, 2.24) is 0 Å². The summed E-state index contributed by atoms with van der Waals surface area (Å²) in [6.45, 7) is 5.07. The van der Waals surface area contributed by atoms with E-state index in [-0.39, 0.29) is 29.8 Å². The Hall–Kier alpha value is -2.17. The van der Waals surface area contributed by atoms with Crippen molar-refractivity contribution in [2.75, 3.05) is 11.9 Å². The van der Waals surface area contributed by atoms with Crippen molar-refractivity contribution in [3.05, 3.63) is 29.8 Å². The lowest BCUT2D eigenvalue weighted by Crippen LogP contribution is -2.27. The van der Waals surface area contributed by atoms with E-state index in [1.165, 1.54) is 6.42 Å². The molecule has 1 N–H and O–H groups in total. The van der Waals surface area contributed by atoms with Crippen LogP contribution >= 0.6 is 0 Å². The Morgan fingerprint density at radius 1 is 1.08 bits per heavy atom. The van der Waals surface area contributed by atoms with Gasteiger partial charge in [-0.15, -0.1) is 0 Å². The SMILES string of the molecule is CC(C)(C)C(=O)COC(=O)c1ccccc1NC(=O)C1CCCCC1. The molecular weight excluding hydrogens is 318 g/mol. The van der Waals surface area contributed by atoms with E-state index in [0.29, 0.717) is 5.69 Å². The minimum atomic E-state index is -0.600. The Balaban J connectivity index is 2.02. The van der Waals surface area contributed by atoms with Gasteiger partial charge in [0.15, 0.2) is 12.4 Å². The van der Waals surface area contributed by atoms with Gasteiger partial charge in [-0.2, -0.15) is 0 Å². The van der Waals surface area contributed by atoms with Gasteiger partial charge in [-0.3, -0.25) is 9.59 Å². The zero-order valence-electron chi connectivity index (χ0n) is 15.3. The number of carbonyl (C=O) groups excluding carboxylic acids is 3. The summed E-state index contributed by atoms with van der Waals surface area (Å²) < 4.78 is 5.14. The number of ether oxygens (including phenoxy) is 1. The van der Waals surface area contributed by atoms with Crippen LogP contribution in [0.5, 0.6) is 0 Å². The van der Waals surface area contributed by atoms with Gasteiger partial charge in [0, 0.05) is 11.3 Å². The molecule has 25 heavy (non-hydrogen) atoms. The maximum absolute atomic E-state index is 12.4. The van der Waals surface area contributed by atoms with Gasteiger partial charge in [-0.25, -0.2) is 4.79 Å².